The van der Waals surface area contributed by atoms with Gasteiger partial charge in [-0.2, -0.15) is 0 Å². The van der Waals surface area contributed by atoms with E-state index in [1.807, 2.05) is 48.5 Å². The third-order valence-corrected chi connectivity index (χ3v) is 10.4. The smallest absolute Gasteiger partial charge is 0.227 e. The molecule has 0 aliphatic heterocycles. The normalized spacial score (nSPS) is 11.7. The van der Waals surface area contributed by atoms with E-state index in [9.17, 15) is 0 Å². The molecule has 3 aromatic heterocycles. The molecule has 5 nitrogen and oxygen atoms in total. The van der Waals surface area contributed by atoms with E-state index in [0.717, 1.165) is 72.4 Å². The SMILES string of the molecule is c1ccc(-c2nc3cc4c(oc5ccccc54)c(-c4ccc(N(c5ccccc5)c5cccc6c5c5ccccc5n6-c5ccccc5)cc4)c3o2)cc1. The van der Waals surface area contributed by atoms with E-state index in [2.05, 4.69) is 149 Å². The van der Waals surface area contributed by atoms with E-state index < -0.39 is 0 Å². The molecule has 0 amide bonds. The number of rotatable bonds is 6. The number of oxazole rings is 1. The second-order valence-electron chi connectivity index (χ2n) is 13.5. The van der Waals surface area contributed by atoms with Crippen LogP contribution in [-0.4, -0.2) is 9.55 Å². The molecule has 0 aliphatic carbocycles. The highest BCUT2D eigenvalue weighted by Gasteiger charge is 2.24. The summed E-state index contributed by atoms with van der Waals surface area (Å²) < 4.78 is 15.6. The highest BCUT2D eigenvalue weighted by molar-refractivity contribution is 6.18. The first-order chi connectivity index (χ1) is 26.8. The van der Waals surface area contributed by atoms with Crippen LogP contribution in [0.5, 0.6) is 0 Å². The maximum absolute atomic E-state index is 6.60. The van der Waals surface area contributed by atoms with E-state index in [4.69, 9.17) is 13.8 Å². The zero-order chi connectivity index (χ0) is 35.6. The van der Waals surface area contributed by atoms with Crippen LogP contribution in [0.15, 0.2) is 197 Å². The molecule has 8 aromatic carbocycles. The van der Waals surface area contributed by atoms with Gasteiger partial charge in [0.2, 0.25) is 5.89 Å². The molecule has 0 radical (unpaired) electrons. The average molecular weight is 694 g/mol. The summed E-state index contributed by atoms with van der Waals surface area (Å²) >= 11 is 0. The summed E-state index contributed by atoms with van der Waals surface area (Å²) in [5.74, 6) is 0.582. The quantitative estimate of drug-likeness (QED) is 0.174. The number of fused-ring (bicyclic) bond motifs is 7. The summed E-state index contributed by atoms with van der Waals surface area (Å²) in [4.78, 5) is 7.34. The zero-order valence-corrected chi connectivity index (χ0v) is 29.1. The first-order valence-electron chi connectivity index (χ1n) is 18.1. The number of furan rings is 1. The highest BCUT2D eigenvalue weighted by Crippen LogP contribution is 2.46. The Hall–Kier alpha value is -7.37. The second-order valence-corrected chi connectivity index (χ2v) is 13.5. The van der Waals surface area contributed by atoms with Gasteiger partial charge in [-0.15, -0.1) is 0 Å². The summed E-state index contributed by atoms with van der Waals surface area (Å²) in [7, 11) is 0. The van der Waals surface area contributed by atoms with Crippen molar-refractivity contribution in [2.75, 3.05) is 4.90 Å². The Morgan fingerprint density at radius 1 is 0.463 bits per heavy atom. The van der Waals surface area contributed by atoms with Crippen LogP contribution in [0.4, 0.5) is 17.1 Å². The molecular formula is C49H31N3O2. The molecule has 0 aliphatic rings. The molecule has 0 atom stereocenters. The lowest BCUT2D eigenvalue weighted by Gasteiger charge is -2.26. The van der Waals surface area contributed by atoms with E-state index in [1.54, 1.807) is 0 Å². The Labute approximate surface area is 310 Å². The van der Waals surface area contributed by atoms with Crippen LogP contribution in [0.3, 0.4) is 0 Å². The van der Waals surface area contributed by atoms with Gasteiger partial charge < -0.3 is 18.3 Å². The van der Waals surface area contributed by atoms with Crippen LogP contribution in [-0.2, 0) is 0 Å². The van der Waals surface area contributed by atoms with Crippen LogP contribution >= 0.6 is 0 Å². The van der Waals surface area contributed by atoms with Gasteiger partial charge in [0.1, 0.15) is 16.7 Å². The van der Waals surface area contributed by atoms with Crippen molar-refractivity contribution in [1.82, 2.24) is 9.55 Å². The summed E-state index contributed by atoms with van der Waals surface area (Å²) in [6.45, 7) is 0. The van der Waals surface area contributed by atoms with Crippen molar-refractivity contribution in [1.29, 1.82) is 0 Å². The van der Waals surface area contributed by atoms with Crippen LogP contribution < -0.4 is 4.90 Å². The zero-order valence-electron chi connectivity index (χ0n) is 29.1. The maximum atomic E-state index is 6.60. The van der Waals surface area contributed by atoms with Gasteiger partial charge in [-0.05, 0) is 84.4 Å². The van der Waals surface area contributed by atoms with Crippen LogP contribution in [0.1, 0.15) is 0 Å². The minimum atomic E-state index is 0.582. The summed E-state index contributed by atoms with van der Waals surface area (Å²) in [6.07, 6.45) is 0. The van der Waals surface area contributed by atoms with Crippen molar-refractivity contribution >= 4 is 71.9 Å². The molecule has 11 rings (SSSR count). The fraction of sp³-hybridized carbons (Fsp3) is 0. The second kappa shape index (κ2) is 12.1. The molecule has 0 saturated heterocycles. The minimum absolute atomic E-state index is 0.582. The molecule has 5 heteroatoms. The number of para-hydroxylation sites is 4. The predicted molar refractivity (Wildman–Crippen MR) is 221 cm³/mol. The van der Waals surface area contributed by atoms with Gasteiger partial charge in [0, 0.05) is 44.2 Å². The van der Waals surface area contributed by atoms with Crippen molar-refractivity contribution in [2.24, 2.45) is 0 Å². The molecule has 3 heterocycles. The van der Waals surface area contributed by atoms with E-state index >= 15 is 0 Å². The van der Waals surface area contributed by atoms with Gasteiger partial charge in [0.25, 0.3) is 0 Å². The van der Waals surface area contributed by atoms with Crippen molar-refractivity contribution in [2.45, 2.75) is 0 Å². The third kappa shape index (κ3) is 4.69. The van der Waals surface area contributed by atoms with Gasteiger partial charge in [0.15, 0.2) is 5.58 Å². The molecular weight excluding hydrogens is 663 g/mol. The summed E-state index contributed by atoms with van der Waals surface area (Å²) in [6, 6.07) is 65.5. The number of hydrogen-bond acceptors (Lipinski definition) is 4. The van der Waals surface area contributed by atoms with Gasteiger partial charge in [-0.25, -0.2) is 4.98 Å². The van der Waals surface area contributed by atoms with Crippen molar-refractivity contribution in [3.8, 4) is 28.3 Å². The number of hydrogen-bond donors (Lipinski definition) is 0. The number of aromatic nitrogens is 2. The van der Waals surface area contributed by atoms with Gasteiger partial charge in [-0.1, -0.05) is 109 Å². The fourth-order valence-corrected chi connectivity index (χ4v) is 8.03. The fourth-order valence-electron chi connectivity index (χ4n) is 8.03. The average Bonchev–Trinajstić information content (AvgIpc) is 3.94. The molecule has 54 heavy (non-hydrogen) atoms. The predicted octanol–water partition coefficient (Wildman–Crippen LogP) is 13.6. The van der Waals surface area contributed by atoms with Crippen molar-refractivity contribution in [3.63, 3.8) is 0 Å². The molecule has 254 valence electrons. The first kappa shape index (κ1) is 30.3. The van der Waals surface area contributed by atoms with E-state index in [-0.39, 0.29) is 0 Å². The van der Waals surface area contributed by atoms with Crippen LogP contribution in [0.25, 0.3) is 83.1 Å². The van der Waals surface area contributed by atoms with Gasteiger partial charge in [0.05, 0.1) is 22.3 Å². The van der Waals surface area contributed by atoms with Crippen LogP contribution in [0, 0.1) is 0 Å². The standard InChI is InChI=1S/C49H31N3O2/c1-4-15-33(16-5-1)49-50-40-31-39-37-21-11-13-26-44(37)53-47(39)45(48(40)54-49)32-27-29-36(30-28-32)51(34-17-6-2-7-18-34)42-24-14-25-43-46(42)38-22-10-12-23-41(38)52(43)35-19-8-3-9-20-35/h1-31H. The molecule has 0 bridgehead atoms. The molecule has 0 unspecified atom stereocenters. The number of anilines is 3. The molecule has 0 spiro atoms. The molecule has 0 N–H and O–H groups in total. The summed E-state index contributed by atoms with van der Waals surface area (Å²) in [5.41, 5.74) is 12.6. The van der Waals surface area contributed by atoms with E-state index in [0.29, 0.717) is 11.5 Å². The van der Waals surface area contributed by atoms with Crippen LogP contribution in [0.2, 0.25) is 0 Å². The largest absolute Gasteiger partial charge is 0.455 e. The summed E-state index contributed by atoms with van der Waals surface area (Å²) in [5, 5.41) is 4.45. The van der Waals surface area contributed by atoms with Gasteiger partial charge in [-0.3, -0.25) is 0 Å². The Morgan fingerprint density at radius 3 is 1.91 bits per heavy atom. The van der Waals surface area contributed by atoms with Crippen molar-refractivity contribution < 1.29 is 8.83 Å². The number of benzene rings is 8. The highest BCUT2D eigenvalue weighted by atomic mass is 16.4. The lowest BCUT2D eigenvalue weighted by atomic mass is 10.00. The van der Waals surface area contributed by atoms with E-state index in [1.165, 1.54) is 16.3 Å². The van der Waals surface area contributed by atoms with Crippen molar-refractivity contribution in [3.05, 3.63) is 188 Å². The molecule has 0 saturated carbocycles. The lowest BCUT2D eigenvalue weighted by Crippen LogP contribution is -2.10. The molecule has 0 fully saturated rings. The lowest BCUT2D eigenvalue weighted by molar-refractivity contribution is 0.619. The Bertz CT molecular complexity index is 3140. The third-order valence-electron chi connectivity index (χ3n) is 10.4. The topological polar surface area (TPSA) is 47.3 Å². The monoisotopic (exact) mass is 693 g/mol. The minimum Gasteiger partial charge on any atom is -0.455 e. The van der Waals surface area contributed by atoms with Gasteiger partial charge >= 0.3 is 0 Å². The number of nitrogens with zero attached hydrogens (tertiary/aromatic N) is 3. The maximum Gasteiger partial charge on any atom is 0.227 e. The Kier molecular flexibility index (Phi) is 6.79. The Morgan fingerprint density at radius 2 is 1.11 bits per heavy atom. The molecule has 11 aromatic rings. The Balaban J connectivity index is 1.13. The first-order valence-corrected chi connectivity index (χ1v) is 18.1.